The van der Waals surface area contributed by atoms with Crippen LogP contribution in [0.3, 0.4) is 0 Å². The van der Waals surface area contributed by atoms with Crippen LogP contribution in [-0.4, -0.2) is 32.0 Å². The van der Waals surface area contributed by atoms with Crippen LogP contribution in [0.2, 0.25) is 0 Å². The van der Waals surface area contributed by atoms with Crippen molar-refractivity contribution in [1.82, 2.24) is 5.43 Å². The minimum atomic E-state index is 0.0546. The van der Waals surface area contributed by atoms with Crippen LogP contribution in [0.1, 0.15) is 11.1 Å². The molecule has 0 saturated heterocycles. The molecule has 0 bridgehead atoms. The SMILES string of the molecule is N/C(=N\N=Cc1ccc2c(c1)OCO2)N/N=C/c1ccc2c(c1)OCO2. The molecule has 132 valence electrons. The molecule has 0 unspecified atom stereocenters. The Balaban J connectivity index is 1.33. The van der Waals surface area contributed by atoms with E-state index in [1.54, 1.807) is 12.4 Å². The Morgan fingerprint density at radius 2 is 1.42 bits per heavy atom. The minimum absolute atomic E-state index is 0.0546. The number of fused-ring (bicyclic) bond motifs is 2. The summed E-state index contributed by atoms with van der Waals surface area (Å²) in [5.41, 5.74) is 9.94. The van der Waals surface area contributed by atoms with E-state index >= 15 is 0 Å². The average molecular weight is 353 g/mol. The van der Waals surface area contributed by atoms with Gasteiger partial charge in [-0.1, -0.05) is 0 Å². The van der Waals surface area contributed by atoms with Crippen molar-refractivity contribution in [3.05, 3.63) is 47.5 Å². The summed E-state index contributed by atoms with van der Waals surface area (Å²) in [5, 5.41) is 11.7. The molecule has 0 saturated carbocycles. The molecule has 0 amide bonds. The second-order valence-electron chi connectivity index (χ2n) is 5.33. The topological polar surface area (TPSA) is 112 Å². The quantitative estimate of drug-likeness (QED) is 0.488. The number of hydrogen-bond donors (Lipinski definition) is 2. The summed E-state index contributed by atoms with van der Waals surface area (Å²) < 4.78 is 21.1. The molecule has 2 aromatic rings. The number of guanidine groups is 1. The van der Waals surface area contributed by atoms with Gasteiger partial charge >= 0.3 is 0 Å². The molecule has 2 aromatic carbocycles. The lowest BCUT2D eigenvalue weighted by Gasteiger charge is -1.98. The maximum absolute atomic E-state index is 5.70. The monoisotopic (exact) mass is 353 g/mol. The van der Waals surface area contributed by atoms with Gasteiger partial charge in [-0.15, -0.1) is 5.10 Å². The van der Waals surface area contributed by atoms with Crippen molar-refractivity contribution in [1.29, 1.82) is 0 Å². The lowest BCUT2D eigenvalue weighted by molar-refractivity contribution is 0.173. The van der Waals surface area contributed by atoms with Gasteiger partial charge in [-0.25, -0.2) is 5.43 Å². The molecule has 9 nitrogen and oxygen atoms in total. The number of hydrazone groups is 1. The van der Waals surface area contributed by atoms with Crippen LogP contribution in [0.15, 0.2) is 51.7 Å². The van der Waals surface area contributed by atoms with E-state index in [-0.39, 0.29) is 19.5 Å². The van der Waals surface area contributed by atoms with Crippen LogP contribution in [0.5, 0.6) is 23.0 Å². The predicted octanol–water partition coefficient (Wildman–Crippen LogP) is 1.42. The molecule has 2 aliphatic rings. The van der Waals surface area contributed by atoms with E-state index in [0.717, 1.165) is 11.1 Å². The van der Waals surface area contributed by atoms with Gasteiger partial charge in [0.25, 0.3) is 0 Å². The Hall–Kier alpha value is -3.75. The smallest absolute Gasteiger partial charge is 0.234 e. The van der Waals surface area contributed by atoms with E-state index in [4.69, 9.17) is 24.7 Å². The molecule has 0 fully saturated rings. The van der Waals surface area contributed by atoms with Crippen molar-refractivity contribution in [2.75, 3.05) is 13.6 Å². The fourth-order valence-corrected chi connectivity index (χ4v) is 2.34. The summed E-state index contributed by atoms with van der Waals surface area (Å²) in [5.74, 6) is 2.85. The molecule has 4 rings (SSSR count). The number of hydrogen-bond acceptors (Lipinski definition) is 7. The highest BCUT2D eigenvalue weighted by Gasteiger charge is 2.13. The summed E-state index contributed by atoms with van der Waals surface area (Å²) in [7, 11) is 0. The lowest BCUT2D eigenvalue weighted by atomic mass is 10.2. The summed E-state index contributed by atoms with van der Waals surface area (Å²) in [6.45, 7) is 0.460. The molecule has 0 spiro atoms. The van der Waals surface area contributed by atoms with Crippen molar-refractivity contribution in [3.8, 4) is 23.0 Å². The first-order valence-electron chi connectivity index (χ1n) is 7.73. The number of nitrogens with zero attached hydrogens (tertiary/aromatic N) is 3. The maximum atomic E-state index is 5.70. The first kappa shape index (κ1) is 15.8. The minimum Gasteiger partial charge on any atom is -0.454 e. The highest BCUT2D eigenvalue weighted by molar-refractivity contribution is 5.85. The van der Waals surface area contributed by atoms with E-state index in [2.05, 4.69) is 20.7 Å². The summed E-state index contributed by atoms with van der Waals surface area (Å²) in [6, 6.07) is 10.9. The summed E-state index contributed by atoms with van der Waals surface area (Å²) >= 11 is 0. The fourth-order valence-electron chi connectivity index (χ4n) is 2.34. The molecule has 0 aliphatic carbocycles. The van der Waals surface area contributed by atoms with Crippen molar-refractivity contribution in [3.63, 3.8) is 0 Å². The fraction of sp³-hybridized carbons (Fsp3) is 0.118. The molecule has 0 atom stereocenters. The van der Waals surface area contributed by atoms with E-state index in [1.807, 2.05) is 36.4 Å². The van der Waals surface area contributed by atoms with Gasteiger partial charge in [0, 0.05) is 0 Å². The van der Waals surface area contributed by atoms with Crippen LogP contribution in [-0.2, 0) is 0 Å². The third-order valence-electron chi connectivity index (χ3n) is 3.56. The molecular weight excluding hydrogens is 338 g/mol. The second kappa shape index (κ2) is 7.01. The highest BCUT2D eigenvalue weighted by atomic mass is 16.7. The maximum Gasteiger partial charge on any atom is 0.234 e. The van der Waals surface area contributed by atoms with E-state index in [9.17, 15) is 0 Å². The number of benzene rings is 2. The van der Waals surface area contributed by atoms with E-state index in [0.29, 0.717) is 23.0 Å². The Labute approximate surface area is 148 Å². The summed E-state index contributed by atoms with van der Waals surface area (Å²) in [4.78, 5) is 0. The van der Waals surface area contributed by atoms with Crippen LogP contribution in [0.4, 0.5) is 0 Å². The zero-order chi connectivity index (χ0) is 17.8. The van der Waals surface area contributed by atoms with Gasteiger partial charge in [0.15, 0.2) is 23.0 Å². The van der Waals surface area contributed by atoms with Crippen molar-refractivity contribution in [2.45, 2.75) is 0 Å². The largest absolute Gasteiger partial charge is 0.454 e. The Morgan fingerprint density at radius 1 is 0.846 bits per heavy atom. The molecule has 26 heavy (non-hydrogen) atoms. The molecule has 0 radical (unpaired) electrons. The van der Waals surface area contributed by atoms with Crippen molar-refractivity contribution >= 4 is 18.4 Å². The van der Waals surface area contributed by atoms with Gasteiger partial charge in [-0.05, 0) is 47.5 Å². The third-order valence-corrected chi connectivity index (χ3v) is 3.56. The Morgan fingerprint density at radius 3 is 2.08 bits per heavy atom. The van der Waals surface area contributed by atoms with Crippen LogP contribution < -0.4 is 30.1 Å². The molecule has 9 heteroatoms. The zero-order valence-corrected chi connectivity index (χ0v) is 13.6. The number of nitrogens with two attached hydrogens (primary N) is 1. The zero-order valence-electron chi connectivity index (χ0n) is 13.6. The van der Waals surface area contributed by atoms with Gasteiger partial charge in [0.05, 0.1) is 12.4 Å². The first-order valence-corrected chi connectivity index (χ1v) is 7.73. The van der Waals surface area contributed by atoms with Gasteiger partial charge < -0.3 is 24.7 Å². The van der Waals surface area contributed by atoms with Crippen molar-refractivity contribution in [2.24, 2.45) is 21.0 Å². The molecule has 0 aromatic heterocycles. The van der Waals surface area contributed by atoms with Crippen LogP contribution in [0, 0.1) is 0 Å². The highest BCUT2D eigenvalue weighted by Crippen LogP contribution is 2.32. The van der Waals surface area contributed by atoms with Gasteiger partial charge in [-0.3, -0.25) is 0 Å². The van der Waals surface area contributed by atoms with E-state index < -0.39 is 0 Å². The second-order valence-corrected chi connectivity index (χ2v) is 5.33. The molecular formula is C17H15N5O4. The molecule has 3 N–H and O–H groups in total. The lowest BCUT2D eigenvalue weighted by Crippen LogP contribution is -2.26. The number of rotatable bonds is 4. The van der Waals surface area contributed by atoms with E-state index in [1.165, 1.54) is 0 Å². The Kier molecular flexibility index (Phi) is 4.25. The first-order chi connectivity index (χ1) is 12.8. The predicted molar refractivity (Wildman–Crippen MR) is 95.1 cm³/mol. The molecule has 2 aliphatic heterocycles. The van der Waals surface area contributed by atoms with Gasteiger partial charge in [0.2, 0.25) is 19.5 Å². The normalized spacial score (nSPS) is 15.2. The number of ether oxygens (including phenoxy) is 4. The van der Waals surface area contributed by atoms with Crippen LogP contribution >= 0.6 is 0 Å². The Bertz CT molecular complexity index is 910. The molecule has 2 heterocycles. The standard InChI is InChI=1S/C17H15N5O4/c18-17(21-19-7-11-1-3-13-15(5-11)25-9-23-13)22-20-8-12-2-4-14-16(6-12)26-10-24-14/h1-8H,9-10H2,(H3,18,21,22)/b19-7+,20-8?. The summed E-state index contributed by atoms with van der Waals surface area (Å²) in [6.07, 6.45) is 3.14. The van der Waals surface area contributed by atoms with Gasteiger partial charge in [-0.2, -0.15) is 10.2 Å². The average Bonchev–Trinajstić information content (AvgIpc) is 3.29. The van der Waals surface area contributed by atoms with Crippen molar-refractivity contribution < 1.29 is 18.9 Å². The van der Waals surface area contributed by atoms with Gasteiger partial charge in [0.1, 0.15) is 0 Å². The number of nitrogens with one attached hydrogen (secondary N) is 1. The third kappa shape index (κ3) is 3.51. The van der Waals surface area contributed by atoms with Crippen LogP contribution in [0.25, 0.3) is 0 Å².